The first-order chi connectivity index (χ1) is 8.74. The van der Waals surface area contributed by atoms with E-state index < -0.39 is 0 Å². The largest absolute Gasteiger partial charge is 0.296 e. The van der Waals surface area contributed by atoms with Gasteiger partial charge in [-0.2, -0.15) is 0 Å². The van der Waals surface area contributed by atoms with Gasteiger partial charge < -0.3 is 0 Å². The van der Waals surface area contributed by atoms with Gasteiger partial charge in [0.25, 0.3) is 0 Å². The van der Waals surface area contributed by atoms with E-state index in [2.05, 4.69) is 11.5 Å². The van der Waals surface area contributed by atoms with Crippen LogP contribution in [-0.4, -0.2) is 5.91 Å². The number of benzene rings is 1. The summed E-state index contributed by atoms with van der Waals surface area (Å²) in [5.74, 6) is 0.510. The van der Waals surface area contributed by atoms with Crippen molar-refractivity contribution in [3.8, 4) is 0 Å². The van der Waals surface area contributed by atoms with Crippen molar-refractivity contribution in [2.75, 3.05) is 5.01 Å². The third kappa shape index (κ3) is 2.10. The predicted octanol–water partition coefficient (Wildman–Crippen LogP) is 3.27. The van der Waals surface area contributed by atoms with Crippen LogP contribution < -0.4 is 10.4 Å². The lowest BCUT2D eigenvalue weighted by Crippen LogP contribution is -2.50. The van der Waals surface area contributed by atoms with Crippen molar-refractivity contribution >= 4 is 23.2 Å². The molecular weight excluding hydrogens is 248 g/mol. The fourth-order valence-electron chi connectivity index (χ4n) is 2.59. The van der Waals surface area contributed by atoms with Crippen molar-refractivity contribution < 1.29 is 4.79 Å². The number of amides is 1. The molecule has 1 amide bonds. The van der Waals surface area contributed by atoms with Gasteiger partial charge in [-0.25, -0.2) is 5.01 Å². The normalized spacial score (nSPS) is 23.2. The zero-order valence-corrected chi connectivity index (χ0v) is 10.8. The molecule has 1 aromatic rings. The van der Waals surface area contributed by atoms with Crippen molar-refractivity contribution in [3.05, 3.63) is 41.1 Å². The Morgan fingerprint density at radius 3 is 2.83 bits per heavy atom. The van der Waals surface area contributed by atoms with Gasteiger partial charge in [0.15, 0.2) is 0 Å². The van der Waals surface area contributed by atoms with Gasteiger partial charge in [0, 0.05) is 23.1 Å². The average molecular weight is 263 g/mol. The van der Waals surface area contributed by atoms with Crippen LogP contribution in [0.1, 0.15) is 25.7 Å². The molecule has 3 nitrogen and oxygen atoms in total. The summed E-state index contributed by atoms with van der Waals surface area (Å²) in [6.07, 6.45) is 6.20. The molecule has 1 heterocycles. The monoisotopic (exact) mass is 262 g/mol. The Morgan fingerprint density at radius 2 is 2.06 bits per heavy atom. The Morgan fingerprint density at radius 1 is 1.28 bits per heavy atom. The fraction of sp³-hybridized carbons (Fsp3) is 0.357. The number of halogens is 1. The van der Waals surface area contributed by atoms with Crippen molar-refractivity contribution in [3.63, 3.8) is 0 Å². The number of fused-ring (bicyclic) bond motifs is 1. The molecule has 94 valence electrons. The Labute approximate surface area is 111 Å². The van der Waals surface area contributed by atoms with Crippen LogP contribution in [0.3, 0.4) is 0 Å². The quantitative estimate of drug-likeness (QED) is 0.843. The first kappa shape index (κ1) is 11.6. The van der Waals surface area contributed by atoms with E-state index in [1.54, 1.807) is 17.1 Å². The van der Waals surface area contributed by atoms with Gasteiger partial charge in [-0.05, 0) is 43.5 Å². The van der Waals surface area contributed by atoms with Gasteiger partial charge in [-0.3, -0.25) is 10.2 Å². The minimum atomic E-state index is 0.126. The third-order valence-corrected chi connectivity index (χ3v) is 3.81. The Bertz CT molecular complexity index is 495. The summed E-state index contributed by atoms with van der Waals surface area (Å²) in [4.78, 5) is 12.1. The molecule has 1 saturated heterocycles. The third-order valence-electron chi connectivity index (χ3n) is 3.56. The number of carbonyl (C=O) groups excluding carboxylic acids is 1. The predicted molar refractivity (Wildman–Crippen MR) is 72.1 cm³/mol. The molecule has 1 aromatic carbocycles. The van der Waals surface area contributed by atoms with Gasteiger partial charge in [-0.1, -0.05) is 17.7 Å². The first-order valence-electron chi connectivity index (χ1n) is 6.29. The van der Waals surface area contributed by atoms with Crippen LogP contribution in [0.2, 0.25) is 5.02 Å². The summed E-state index contributed by atoms with van der Waals surface area (Å²) in [6, 6.07) is 7.31. The van der Waals surface area contributed by atoms with Crippen molar-refractivity contribution in [2.24, 2.45) is 5.92 Å². The molecule has 0 radical (unpaired) electrons. The first-order valence-corrected chi connectivity index (χ1v) is 6.67. The van der Waals surface area contributed by atoms with Crippen LogP contribution in [0, 0.1) is 5.92 Å². The van der Waals surface area contributed by atoms with E-state index >= 15 is 0 Å². The highest BCUT2D eigenvalue weighted by molar-refractivity contribution is 6.30. The number of hydrogen-bond acceptors (Lipinski definition) is 2. The van der Waals surface area contributed by atoms with E-state index in [1.807, 2.05) is 12.1 Å². The topological polar surface area (TPSA) is 32.3 Å². The summed E-state index contributed by atoms with van der Waals surface area (Å²) in [5, 5.41) is 2.31. The van der Waals surface area contributed by atoms with Crippen LogP contribution in [-0.2, 0) is 4.79 Å². The lowest BCUT2D eigenvalue weighted by molar-refractivity contribution is -0.121. The van der Waals surface area contributed by atoms with E-state index in [0.29, 0.717) is 17.4 Å². The van der Waals surface area contributed by atoms with Crippen LogP contribution >= 0.6 is 11.6 Å². The van der Waals surface area contributed by atoms with Crippen LogP contribution in [0.25, 0.3) is 0 Å². The average Bonchev–Trinajstić information content (AvgIpc) is 2.39. The Balaban J connectivity index is 1.86. The highest BCUT2D eigenvalue weighted by atomic mass is 35.5. The molecule has 1 fully saturated rings. The maximum atomic E-state index is 12.1. The van der Waals surface area contributed by atoms with Crippen LogP contribution in [0.5, 0.6) is 0 Å². The van der Waals surface area contributed by atoms with Gasteiger partial charge in [0.05, 0.1) is 5.69 Å². The number of rotatable bonds is 1. The minimum Gasteiger partial charge on any atom is -0.296 e. The van der Waals surface area contributed by atoms with Gasteiger partial charge in [0.1, 0.15) is 0 Å². The summed E-state index contributed by atoms with van der Waals surface area (Å²) < 4.78 is 0. The molecule has 0 unspecified atom stereocenters. The minimum absolute atomic E-state index is 0.126. The maximum absolute atomic E-state index is 12.1. The SMILES string of the molecule is O=C1C[C@H]2CCCC=C2NN1c1ccc(Cl)cc1. The van der Waals surface area contributed by atoms with E-state index in [0.717, 1.165) is 18.5 Å². The summed E-state index contributed by atoms with van der Waals surface area (Å²) in [5.41, 5.74) is 5.28. The summed E-state index contributed by atoms with van der Waals surface area (Å²) in [7, 11) is 0. The molecule has 1 N–H and O–H groups in total. The lowest BCUT2D eigenvalue weighted by atomic mass is 9.88. The molecular formula is C14H15ClN2O. The number of anilines is 1. The van der Waals surface area contributed by atoms with Crippen molar-refractivity contribution in [2.45, 2.75) is 25.7 Å². The second kappa shape index (κ2) is 4.65. The highest BCUT2D eigenvalue weighted by Crippen LogP contribution is 2.31. The smallest absolute Gasteiger partial charge is 0.246 e. The van der Waals surface area contributed by atoms with Crippen molar-refractivity contribution in [1.82, 2.24) is 5.43 Å². The number of nitrogens with zero attached hydrogens (tertiary/aromatic N) is 1. The van der Waals surface area contributed by atoms with Gasteiger partial charge >= 0.3 is 0 Å². The lowest BCUT2D eigenvalue weighted by Gasteiger charge is -2.37. The number of carbonyl (C=O) groups is 1. The van der Waals surface area contributed by atoms with Gasteiger partial charge in [-0.15, -0.1) is 0 Å². The highest BCUT2D eigenvalue weighted by Gasteiger charge is 2.31. The second-order valence-corrected chi connectivity index (χ2v) is 5.25. The Hall–Kier alpha value is -1.48. The zero-order chi connectivity index (χ0) is 12.5. The number of allylic oxidation sites excluding steroid dienone is 2. The molecule has 1 atom stereocenters. The van der Waals surface area contributed by atoms with E-state index in [4.69, 9.17) is 11.6 Å². The summed E-state index contributed by atoms with van der Waals surface area (Å²) in [6.45, 7) is 0. The maximum Gasteiger partial charge on any atom is 0.246 e. The fourth-order valence-corrected chi connectivity index (χ4v) is 2.71. The molecule has 0 spiro atoms. The molecule has 0 aromatic heterocycles. The molecule has 18 heavy (non-hydrogen) atoms. The molecule has 4 heteroatoms. The number of nitrogens with one attached hydrogen (secondary N) is 1. The van der Waals surface area contributed by atoms with E-state index in [-0.39, 0.29) is 5.91 Å². The zero-order valence-electron chi connectivity index (χ0n) is 10.0. The van der Waals surface area contributed by atoms with Crippen LogP contribution in [0.4, 0.5) is 5.69 Å². The van der Waals surface area contributed by atoms with E-state index in [9.17, 15) is 4.79 Å². The molecule has 2 aliphatic rings. The molecule has 1 aliphatic carbocycles. The Kier molecular flexibility index (Phi) is 3.00. The molecule has 3 rings (SSSR count). The molecule has 1 aliphatic heterocycles. The molecule has 0 saturated carbocycles. The number of hydrazine groups is 1. The number of hydrogen-bond donors (Lipinski definition) is 1. The second-order valence-electron chi connectivity index (χ2n) is 4.81. The van der Waals surface area contributed by atoms with Gasteiger partial charge in [0.2, 0.25) is 5.91 Å². The molecule has 0 bridgehead atoms. The van der Waals surface area contributed by atoms with Crippen LogP contribution in [0.15, 0.2) is 36.0 Å². The van der Waals surface area contributed by atoms with E-state index in [1.165, 1.54) is 12.1 Å². The standard InChI is InChI=1S/C14H15ClN2O/c15-11-5-7-12(8-6-11)17-14(18)9-10-3-1-2-4-13(10)16-17/h4-8,10,16H,1-3,9H2/t10-/m1/s1. The van der Waals surface area contributed by atoms with Crippen molar-refractivity contribution in [1.29, 1.82) is 0 Å². The summed E-state index contributed by atoms with van der Waals surface area (Å²) >= 11 is 5.86.